The van der Waals surface area contributed by atoms with Gasteiger partial charge in [0.1, 0.15) is 0 Å². The van der Waals surface area contributed by atoms with Crippen LogP contribution in [0, 0.1) is 0 Å². The van der Waals surface area contributed by atoms with E-state index in [1.54, 1.807) is 0 Å². The molecule has 0 aliphatic heterocycles. The third-order valence-electron chi connectivity index (χ3n) is 2.64. The number of nitrogen functional groups attached to an aromatic ring is 1. The van der Waals surface area contributed by atoms with Crippen molar-refractivity contribution in [2.45, 2.75) is 19.5 Å². The molecule has 1 rings (SSSR count). The van der Waals surface area contributed by atoms with E-state index in [0.29, 0.717) is 13.0 Å². The molecule has 0 spiro atoms. The van der Waals surface area contributed by atoms with Gasteiger partial charge in [-0.1, -0.05) is 6.92 Å². The molecular formula is C12H16F3N3O. The predicted molar refractivity (Wildman–Crippen MR) is 66.5 cm³/mol. The highest BCUT2D eigenvalue weighted by Crippen LogP contribution is 2.32. The van der Waals surface area contributed by atoms with Gasteiger partial charge in [0, 0.05) is 13.6 Å². The van der Waals surface area contributed by atoms with Gasteiger partial charge in [-0.25, -0.2) is 0 Å². The van der Waals surface area contributed by atoms with Crippen molar-refractivity contribution in [1.29, 1.82) is 0 Å². The van der Waals surface area contributed by atoms with Crippen molar-refractivity contribution in [3.05, 3.63) is 29.3 Å². The Morgan fingerprint density at radius 1 is 1.42 bits per heavy atom. The van der Waals surface area contributed by atoms with Crippen molar-refractivity contribution in [1.82, 2.24) is 4.90 Å². The number of nitrogens with two attached hydrogens (primary N) is 1. The number of hydrogen-bond donors (Lipinski definition) is 2. The zero-order chi connectivity index (χ0) is 14.6. The van der Waals surface area contributed by atoms with Gasteiger partial charge < -0.3 is 10.3 Å². The van der Waals surface area contributed by atoms with Crippen LogP contribution in [0.3, 0.4) is 0 Å². The monoisotopic (exact) mass is 275 g/mol. The fraction of sp³-hybridized carbons (Fsp3) is 0.417. The molecule has 0 unspecified atom stereocenters. The van der Waals surface area contributed by atoms with Gasteiger partial charge in [0.05, 0.1) is 16.8 Å². The second-order valence-corrected chi connectivity index (χ2v) is 4.13. The van der Waals surface area contributed by atoms with Crippen LogP contribution < -0.4 is 11.3 Å². The zero-order valence-corrected chi connectivity index (χ0v) is 10.7. The average Bonchev–Trinajstić information content (AvgIpc) is 2.36. The van der Waals surface area contributed by atoms with Crippen LogP contribution in [0.5, 0.6) is 0 Å². The van der Waals surface area contributed by atoms with Crippen molar-refractivity contribution in [2.24, 2.45) is 5.84 Å². The summed E-state index contributed by atoms with van der Waals surface area (Å²) in [6.07, 6.45) is -3.78. The van der Waals surface area contributed by atoms with Crippen LogP contribution >= 0.6 is 0 Å². The highest BCUT2D eigenvalue weighted by molar-refractivity contribution is 5.99. The molecule has 1 aromatic rings. The minimum atomic E-state index is -4.49. The Labute approximate surface area is 109 Å². The summed E-state index contributed by atoms with van der Waals surface area (Å²) in [6.45, 7) is 2.33. The Balaban J connectivity index is 3.20. The first-order valence-corrected chi connectivity index (χ1v) is 5.74. The number of benzene rings is 1. The summed E-state index contributed by atoms with van der Waals surface area (Å²) >= 11 is 0. The molecule has 3 N–H and O–H groups in total. The average molecular weight is 275 g/mol. The van der Waals surface area contributed by atoms with E-state index >= 15 is 0 Å². The molecule has 0 aliphatic carbocycles. The summed E-state index contributed by atoms with van der Waals surface area (Å²) in [5, 5.41) is 0. The van der Waals surface area contributed by atoms with Crippen LogP contribution in [0.4, 0.5) is 18.9 Å². The fourth-order valence-corrected chi connectivity index (χ4v) is 1.67. The summed E-state index contributed by atoms with van der Waals surface area (Å²) in [6, 6.07) is 2.84. The molecular weight excluding hydrogens is 259 g/mol. The van der Waals surface area contributed by atoms with Crippen LogP contribution in [0.2, 0.25) is 0 Å². The van der Waals surface area contributed by atoms with Crippen molar-refractivity contribution >= 4 is 11.6 Å². The molecule has 1 amide bonds. The largest absolute Gasteiger partial charge is 0.416 e. The lowest BCUT2D eigenvalue weighted by molar-refractivity contribution is -0.137. The van der Waals surface area contributed by atoms with E-state index in [2.05, 4.69) is 5.43 Å². The minimum absolute atomic E-state index is 0.0896. The highest BCUT2D eigenvalue weighted by atomic mass is 19.4. The van der Waals surface area contributed by atoms with E-state index in [0.717, 1.165) is 18.2 Å². The first kappa shape index (κ1) is 15.3. The zero-order valence-electron chi connectivity index (χ0n) is 10.7. The summed E-state index contributed by atoms with van der Waals surface area (Å²) in [7, 11) is 1.53. The molecule has 0 saturated heterocycles. The number of halogens is 3. The van der Waals surface area contributed by atoms with Gasteiger partial charge in [-0.15, -0.1) is 0 Å². The Morgan fingerprint density at radius 3 is 2.53 bits per heavy atom. The molecule has 0 radical (unpaired) electrons. The lowest BCUT2D eigenvalue weighted by atomic mass is 10.1. The molecule has 4 nitrogen and oxygen atoms in total. The molecule has 106 valence electrons. The van der Waals surface area contributed by atoms with E-state index in [9.17, 15) is 18.0 Å². The first-order chi connectivity index (χ1) is 8.81. The fourth-order valence-electron chi connectivity index (χ4n) is 1.67. The number of nitrogens with one attached hydrogen (secondary N) is 1. The normalized spacial score (nSPS) is 11.3. The van der Waals surface area contributed by atoms with Crippen molar-refractivity contribution in [3.63, 3.8) is 0 Å². The molecule has 0 heterocycles. The molecule has 0 aromatic heterocycles. The number of anilines is 1. The molecule has 0 saturated carbocycles. The third-order valence-corrected chi connectivity index (χ3v) is 2.64. The smallest absolute Gasteiger partial charge is 0.342 e. The summed E-state index contributed by atoms with van der Waals surface area (Å²) in [4.78, 5) is 13.4. The lowest BCUT2D eigenvalue weighted by Crippen LogP contribution is -2.29. The van der Waals surface area contributed by atoms with Gasteiger partial charge in [-0.2, -0.15) is 13.2 Å². The highest BCUT2D eigenvalue weighted by Gasteiger charge is 2.32. The molecule has 1 aromatic carbocycles. The van der Waals surface area contributed by atoms with E-state index in [1.165, 1.54) is 11.9 Å². The van der Waals surface area contributed by atoms with E-state index in [-0.39, 0.29) is 11.3 Å². The Kier molecular flexibility index (Phi) is 4.77. The van der Waals surface area contributed by atoms with Gasteiger partial charge in [0.15, 0.2) is 0 Å². The summed E-state index contributed by atoms with van der Waals surface area (Å²) in [5.74, 6) is 4.72. The van der Waals surface area contributed by atoms with Gasteiger partial charge in [-0.05, 0) is 24.6 Å². The maximum atomic E-state index is 12.6. The maximum absolute atomic E-state index is 12.6. The van der Waals surface area contributed by atoms with E-state index < -0.39 is 17.6 Å². The molecule has 7 heteroatoms. The number of amides is 1. The number of hydrazine groups is 1. The first-order valence-electron chi connectivity index (χ1n) is 5.74. The molecule has 19 heavy (non-hydrogen) atoms. The number of carbonyl (C=O) groups excluding carboxylic acids is 1. The minimum Gasteiger partial charge on any atom is -0.342 e. The quantitative estimate of drug-likeness (QED) is 0.655. The van der Waals surface area contributed by atoms with Crippen LogP contribution in [0.25, 0.3) is 0 Å². The number of carbonyl (C=O) groups is 1. The van der Waals surface area contributed by atoms with Crippen molar-refractivity contribution in [3.8, 4) is 0 Å². The SMILES string of the molecule is CCCN(C)C(=O)c1cc(C(F)(F)F)ccc1NN. The number of alkyl halides is 3. The number of nitrogens with zero attached hydrogens (tertiary/aromatic N) is 1. The molecule has 0 bridgehead atoms. The molecule has 0 atom stereocenters. The Bertz CT molecular complexity index is 460. The molecule has 0 fully saturated rings. The second-order valence-electron chi connectivity index (χ2n) is 4.13. The van der Waals surface area contributed by atoms with Gasteiger partial charge in [-0.3, -0.25) is 10.6 Å². The summed E-state index contributed by atoms with van der Waals surface area (Å²) in [5.41, 5.74) is 1.44. The maximum Gasteiger partial charge on any atom is 0.416 e. The number of hydrogen-bond acceptors (Lipinski definition) is 3. The Morgan fingerprint density at radius 2 is 2.05 bits per heavy atom. The van der Waals surface area contributed by atoms with Crippen molar-refractivity contribution < 1.29 is 18.0 Å². The van der Waals surface area contributed by atoms with Gasteiger partial charge in [0.25, 0.3) is 5.91 Å². The summed E-state index contributed by atoms with van der Waals surface area (Å²) < 4.78 is 37.9. The van der Waals surface area contributed by atoms with Crippen LogP contribution in [0.1, 0.15) is 29.3 Å². The van der Waals surface area contributed by atoms with Crippen molar-refractivity contribution in [2.75, 3.05) is 19.0 Å². The predicted octanol–water partition coefficient (Wildman–Crippen LogP) is 2.47. The van der Waals surface area contributed by atoms with Crippen LogP contribution in [-0.4, -0.2) is 24.4 Å². The third kappa shape index (κ3) is 3.60. The molecule has 0 aliphatic rings. The standard InChI is InChI=1S/C12H16F3N3O/c1-3-6-18(2)11(19)9-7-8(12(13,14)15)4-5-10(9)17-16/h4-5,7,17H,3,6,16H2,1-2H3. The Hall–Kier alpha value is -1.76. The van der Waals surface area contributed by atoms with E-state index in [4.69, 9.17) is 5.84 Å². The van der Waals surface area contributed by atoms with E-state index in [1.807, 2.05) is 6.92 Å². The lowest BCUT2D eigenvalue weighted by Gasteiger charge is -2.19. The topological polar surface area (TPSA) is 58.4 Å². The number of rotatable bonds is 4. The van der Waals surface area contributed by atoms with Gasteiger partial charge >= 0.3 is 6.18 Å². The van der Waals surface area contributed by atoms with Gasteiger partial charge in [0.2, 0.25) is 0 Å². The van der Waals surface area contributed by atoms with Crippen LogP contribution in [0.15, 0.2) is 18.2 Å². The van der Waals surface area contributed by atoms with Crippen LogP contribution in [-0.2, 0) is 6.18 Å². The second kappa shape index (κ2) is 5.92.